The van der Waals surface area contributed by atoms with Crippen molar-refractivity contribution in [2.75, 3.05) is 6.54 Å². The number of hydrogen-bond donors (Lipinski definition) is 2. The Morgan fingerprint density at radius 2 is 2.05 bits per heavy atom. The molecule has 0 saturated carbocycles. The van der Waals surface area contributed by atoms with Gasteiger partial charge in [0.25, 0.3) is 0 Å². The lowest BCUT2D eigenvalue weighted by molar-refractivity contribution is -0.124. The minimum Gasteiger partial charge on any atom is -0.354 e. The molecule has 1 atom stereocenters. The zero-order valence-corrected chi connectivity index (χ0v) is 12.9. The van der Waals surface area contributed by atoms with E-state index in [0.29, 0.717) is 13.0 Å². The van der Waals surface area contributed by atoms with Gasteiger partial charge in [0.15, 0.2) is 0 Å². The fraction of sp³-hybridized carbons (Fsp3) is 0.714. The highest BCUT2D eigenvalue weighted by atomic mass is 16.1. The monoisotopic (exact) mass is 266 g/mol. The van der Waals surface area contributed by atoms with Crippen LogP contribution in [0.15, 0.2) is 0 Å². The number of amides is 1. The first-order valence-electron chi connectivity index (χ1n) is 6.67. The zero-order chi connectivity index (χ0) is 14.8. The SMILES string of the molecule is Cc1nn(C)c(C)c1CC(C)C(=O)NCC(C)(C)N. The molecule has 0 saturated heterocycles. The van der Waals surface area contributed by atoms with Gasteiger partial charge >= 0.3 is 0 Å². The van der Waals surface area contributed by atoms with Crippen LogP contribution in [0.5, 0.6) is 0 Å². The average Bonchev–Trinajstić information content (AvgIpc) is 2.51. The maximum absolute atomic E-state index is 12.0. The van der Waals surface area contributed by atoms with Gasteiger partial charge in [-0.15, -0.1) is 0 Å². The number of rotatable bonds is 5. The van der Waals surface area contributed by atoms with Gasteiger partial charge in [0.2, 0.25) is 5.91 Å². The Morgan fingerprint density at radius 1 is 1.47 bits per heavy atom. The van der Waals surface area contributed by atoms with E-state index in [1.54, 1.807) is 0 Å². The normalized spacial score (nSPS) is 13.4. The molecule has 0 aliphatic rings. The summed E-state index contributed by atoms with van der Waals surface area (Å²) in [7, 11) is 1.92. The second kappa shape index (κ2) is 5.74. The van der Waals surface area contributed by atoms with E-state index in [2.05, 4.69) is 10.4 Å². The molecule has 0 bridgehead atoms. The summed E-state index contributed by atoms with van der Waals surface area (Å²) < 4.78 is 1.86. The number of carbonyl (C=O) groups is 1. The largest absolute Gasteiger partial charge is 0.354 e. The van der Waals surface area contributed by atoms with E-state index in [0.717, 1.165) is 17.0 Å². The second-order valence-corrected chi connectivity index (χ2v) is 6.08. The molecule has 0 radical (unpaired) electrons. The molecule has 0 aromatic carbocycles. The van der Waals surface area contributed by atoms with Gasteiger partial charge in [-0.3, -0.25) is 9.48 Å². The standard InChI is InChI=1S/C14H26N4O/c1-9(13(19)16-8-14(4,5)15)7-12-10(2)17-18(6)11(12)3/h9H,7-8,15H2,1-6H3,(H,16,19). The summed E-state index contributed by atoms with van der Waals surface area (Å²) in [5.74, 6) is -0.0369. The van der Waals surface area contributed by atoms with Gasteiger partial charge in [0.1, 0.15) is 0 Å². The van der Waals surface area contributed by atoms with Crippen molar-refractivity contribution in [2.45, 2.75) is 46.6 Å². The molecule has 1 amide bonds. The van der Waals surface area contributed by atoms with Crippen molar-refractivity contribution >= 4 is 5.91 Å². The van der Waals surface area contributed by atoms with Crippen LogP contribution >= 0.6 is 0 Å². The maximum Gasteiger partial charge on any atom is 0.223 e. The van der Waals surface area contributed by atoms with E-state index in [9.17, 15) is 4.79 Å². The molecule has 108 valence electrons. The van der Waals surface area contributed by atoms with Crippen LogP contribution in [0.3, 0.4) is 0 Å². The Hall–Kier alpha value is -1.36. The maximum atomic E-state index is 12.0. The minimum absolute atomic E-state index is 0.0428. The molecule has 0 spiro atoms. The van der Waals surface area contributed by atoms with Gasteiger partial charge in [-0.2, -0.15) is 5.10 Å². The molecule has 5 heteroatoms. The lowest BCUT2D eigenvalue weighted by Gasteiger charge is -2.20. The second-order valence-electron chi connectivity index (χ2n) is 6.08. The van der Waals surface area contributed by atoms with Gasteiger partial charge in [-0.1, -0.05) is 6.92 Å². The van der Waals surface area contributed by atoms with Gasteiger partial charge in [-0.05, 0) is 39.7 Å². The summed E-state index contributed by atoms with van der Waals surface area (Å²) >= 11 is 0. The first-order valence-corrected chi connectivity index (χ1v) is 6.67. The molecule has 1 heterocycles. The Bertz CT molecular complexity index is 457. The minimum atomic E-state index is -0.379. The predicted octanol–water partition coefficient (Wildman–Crippen LogP) is 1.07. The molecule has 1 aromatic rings. The molecule has 3 N–H and O–H groups in total. The molecule has 0 fully saturated rings. The average molecular weight is 266 g/mol. The van der Waals surface area contributed by atoms with Crippen LogP contribution in [0.25, 0.3) is 0 Å². The lowest BCUT2D eigenvalue weighted by atomic mass is 9.98. The third-order valence-electron chi connectivity index (χ3n) is 3.34. The van der Waals surface area contributed by atoms with Crippen molar-refractivity contribution in [3.8, 4) is 0 Å². The zero-order valence-electron chi connectivity index (χ0n) is 12.9. The van der Waals surface area contributed by atoms with Crippen molar-refractivity contribution in [3.05, 3.63) is 17.0 Å². The van der Waals surface area contributed by atoms with E-state index >= 15 is 0 Å². The van der Waals surface area contributed by atoms with Crippen LogP contribution in [0.1, 0.15) is 37.7 Å². The number of nitrogens with two attached hydrogens (primary N) is 1. The van der Waals surface area contributed by atoms with E-state index < -0.39 is 0 Å². The van der Waals surface area contributed by atoms with Gasteiger partial charge in [0, 0.05) is 30.7 Å². The summed E-state index contributed by atoms with van der Waals surface area (Å²) in [6.45, 7) is 10.2. The molecular weight excluding hydrogens is 240 g/mol. The number of carbonyl (C=O) groups excluding carboxylic acids is 1. The van der Waals surface area contributed by atoms with Crippen LogP contribution in [0.2, 0.25) is 0 Å². The first kappa shape index (κ1) is 15.7. The van der Waals surface area contributed by atoms with Crippen LogP contribution in [-0.2, 0) is 18.3 Å². The topological polar surface area (TPSA) is 72.9 Å². The van der Waals surface area contributed by atoms with Crippen LogP contribution in [0, 0.1) is 19.8 Å². The van der Waals surface area contributed by atoms with Crippen LogP contribution in [0.4, 0.5) is 0 Å². The Morgan fingerprint density at radius 3 is 2.47 bits per heavy atom. The summed E-state index contributed by atoms with van der Waals surface area (Å²) in [4.78, 5) is 12.0. The molecule has 0 aliphatic heterocycles. The van der Waals surface area contributed by atoms with Crippen molar-refractivity contribution in [2.24, 2.45) is 18.7 Å². The Kier molecular flexibility index (Phi) is 4.74. The smallest absolute Gasteiger partial charge is 0.223 e. The fourth-order valence-electron chi connectivity index (χ4n) is 2.00. The van der Waals surface area contributed by atoms with E-state index in [4.69, 9.17) is 5.73 Å². The highest BCUT2D eigenvalue weighted by molar-refractivity contribution is 5.78. The van der Waals surface area contributed by atoms with E-state index in [1.807, 2.05) is 46.3 Å². The molecule has 0 aliphatic carbocycles. The molecule has 1 unspecified atom stereocenters. The molecular formula is C14H26N4O. The lowest BCUT2D eigenvalue weighted by Crippen LogP contribution is -2.46. The Labute approximate surface area is 115 Å². The summed E-state index contributed by atoms with van der Waals surface area (Å²) in [5.41, 5.74) is 8.77. The van der Waals surface area contributed by atoms with Crippen molar-refractivity contribution in [3.63, 3.8) is 0 Å². The van der Waals surface area contributed by atoms with Crippen LogP contribution < -0.4 is 11.1 Å². The number of nitrogens with one attached hydrogen (secondary N) is 1. The third kappa shape index (κ3) is 4.35. The van der Waals surface area contributed by atoms with Gasteiger partial charge in [-0.25, -0.2) is 0 Å². The van der Waals surface area contributed by atoms with Crippen molar-refractivity contribution in [1.29, 1.82) is 0 Å². The van der Waals surface area contributed by atoms with Gasteiger partial charge < -0.3 is 11.1 Å². The highest BCUT2D eigenvalue weighted by Crippen LogP contribution is 2.17. The molecule has 1 rings (SSSR count). The van der Waals surface area contributed by atoms with E-state index in [1.165, 1.54) is 0 Å². The Balaban J connectivity index is 2.64. The predicted molar refractivity (Wildman–Crippen MR) is 76.8 cm³/mol. The summed E-state index contributed by atoms with van der Waals surface area (Å²) in [6, 6.07) is 0. The fourth-order valence-corrected chi connectivity index (χ4v) is 2.00. The van der Waals surface area contributed by atoms with Crippen molar-refractivity contribution in [1.82, 2.24) is 15.1 Å². The first-order chi connectivity index (χ1) is 8.61. The van der Waals surface area contributed by atoms with Crippen LogP contribution in [-0.4, -0.2) is 27.8 Å². The van der Waals surface area contributed by atoms with Gasteiger partial charge in [0.05, 0.1) is 5.69 Å². The molecule has 19 heavy (non-hydrogen) atoms. The highest BCUT2D eigenvalue weighted by Gasteiger charge is 2.20. The molecule has 5 nitrogen and oxygen atoms in total. The van der Waals surface area contributed by atoms with E-state index in [-0.39, 0.29) is 17.4 Å². The number of aryl methyl sites for hydroxylation is 2. The number of hydrogen-bond acceptors (Lipinski definition) is 3. The third-order valence-corrected chi connectivity index (χ3v) is 3.34. The summed E-state index contributed by atoms with van der Waals surface area (Å²) in [6.07, 6.45) is 0.711. The summed E-state index contributed by atoms with van der Waals surface area (Å²) in [5, 5.41) is 7.27. The molecule has 1 aromatic heterocycles. The van der Waals surface area contributed by atoms with Crippen molar-refractivity contribution < 1.29 is 4.79 Å². The number of aromatic nitrogens is 2. The quantitative estimate of drug-likeness (QED) is 0.837. The number of nitrogens with zero attached hydrogens (tertiary/aromatic N) is 2.